The molecule has 0 atom stereocenters. The summed E-state index contributed by atoms with van der Waals surface area (Å²) < 4.78 is 5.29. The van der Waals surface area contributed by atoms with Crippen molar-refractivity contribution >= 4 is 51.5 Å². The van der Waals surface area contributed by atoms with Gasteiger partial charge < -0.3 is 15.2 Å². The van der Waals surface area contributed by atoms with E-state index in [0.29, 0.717) is 11.6 Å². The van der Waals surface area contributed by atoms with Gasteiger partial charge in [0.15, 0.2) is 0 Å². The van der Waals surface area contributed by atoms with Crippen molar-refractivity contribution in [1.82, 2.24) is 4.98 Å². The molecule has 0 aliphatic heterocycles. The van der Waals surface area contributed by atoms with Crippen LogP contribution in [0.3, 0.4) is 0 Å². The molecule has 22 heavy (non-hydrogen) atoms. The van der Waals surface area contributed by atoms with Crippen molar-refractivity contribution in [2.45, 2.75) is 0 Å². The Morgan fingerprint density at radius 1 is 1.14 bits per heavy atom. The number of ether oxygens (including phenoxy) is 1. The normalized spacial score (nSPS) is 10.5. The third-order valence-electron chi connectivity index (χ3n) is 3.36. The average molecular weight is 339 g/mol. The summed E-state index contributed by atoms with van der Waals surface area (Å²) in [7, 11) is 1.64. The van der Waals surface area contributed by atoms with Crippen molar-refractivity contribution in [1.29, 1.82) is 0 Å². The lowest BCUT2D eigenvalue weighted by molar-refractivity contribution is 0.311. The molecule has 0 saturated carbocycles. The Morgan fingerprint density at radius 2 is 1.95 bits per heavy atom. The Bertz CT molecular complexity index is 809. The molecule has 3 rings (SSSR count). The molecule has 1 aromatic heterocycles. The molecule has 0 amide bonds. The Hall–Kier alpha value is -1.75. The van der Waals surface area contributed by atoms with Gasteiger partial charge in [-0.1, -0.05) is 11.6 Å². The number of nitrogens with one attached hydrogen (secondary N) is 1. The summed E-state index contributed by atoms with van der Waals surface area (Å²) in [4.78, 5) is 4.64. The molecule has 0 saturated heterocycles. The minimum Gasteiger partial charge on any atom is -0.497 e. The third kappa shape index (κ3) is 3.04. The van der Waals surface area contributed by atoms with Gasteiger partial charge in [-0.15, -0.1) is 12.4 Å². The summed E-state index contributed by atoms with van der Waals surface area (Å²) in [5.74, 6) is 0.768. The van der Waals surface area contributed by atoms with Crippen molar-refractivity contribution in [3.8, 4) is 5.75 Å². The maximum Gasteiger partial charge on any atom is 0.119 e. The molecule has 0 fully saturated rings. The second-order valence-electron chi connectivity index (χ2n) is 4.68. The number of benzene rings is 2. The number of aromatic nitrogens is 1. The van der Waals surface area contributed by atoms with E-state index in [2.05, 4.69) is 10.3 Å². The molecule has 0 bridgehead atoms. The summed E-state index contributed by atoms with van der Waals surface area (Å²) in [6.07, 6.45) is 0. The van der Waals surface area contributed by atoms with Gasteiger partial charge in [0.05, 0.1) is 30.4 Å². The third-order valence-corrected chi connectivity index (χ3v) is 3.59. The molecule has 0 spiro atoms. The number of halogens is 2. The summed E-state index contributed by atoms with van der Waals surface area (Å²) in [6, 6.07) is 11.3. The van der Waals surface area contributed by atoms with E-state index in [1.807, 2.05) is 36.4 Å². The molecule has 0 aliphatic carbocycles. The number of pyridine rings is 1. The minimum atomic E-state index is 0. The first-order valence-electron chi connectivity index (χ1n) is 6.64. The first kappa shape index (κ1) is 16.6. The first-order valence-corrected chi connectivity index (χ1v) is 7.02. The van der Waals surface area contributed by atoms with Crippen LogP contribution in [0.4, 0.5) is 5.69 Å². The van der Waals surface area contributed by atoms with Crippen molar-refractivity contribution in [3.05, 3.63) is 41.4 Å². The van der Waals surface area contributed by atoms with E-state index in [1.54, 1.807) is 7.11 Å². The highest BCUT2D eigenvalue weighted by Crippen LogP contribution is 2.33. The van der Waals surface area contributed by atoms with Crippen LogP contribution < -0.4 is 10.1 Å². The van der Waals surface area contributed by atoms with Crippen LogP contribution in [0, 0.1) is 0 Å². The van der Waals surface area contributed by atoms with Crippen LogP contribution in [0.25, 0.3) is 21.8 Å². The SMILES string of the molecule is COc1ccc2nc3cc(Cl)ccc3c(NCCO)c2c1.Cl. The summed E-state index contributed by atoms with van der Waals surface area (Å²) in [5, 5.41) is 14.9. The van der Waals surface area contributed by atoms with Crippen LogP contribution in [-0.2, 0) is 0 Å². The van der Waals surface area contributed by atoms with E-state index in [-0.39, 0.29) is 19.0 Å². The number of nitrogens with zero attached hydrogens (tertiary/aromatic N) is 1. The van der Waals surface area contributed by atoms with Gasteiger partial charge in [0.25, 0.3) is 0 Å². The predicted octanol–water partition coefficient (Wildman–Crippen LogP) is 3.88. The monoisotopic (exact) mass is 338 g/mol. The fourth-order valence-electron chi connectivity index (χ4n) is 2.39. The molecule has 1 heterocycles. The van der Waals surface area contributed by atoms with Crippen LogP contribution in [0.2, 0.25) is 5.02 Å². The lowest BCUT2D eigenvalue weighted by atomic mass is 10.1. The Morgan fingerprint density at radius 3 is 2.68 bits per heavy atom. The standard InChI is InChI=1S/C16H15ClN2O2.ClH/c1-21-11-3-5-14-13(9-11)16(18-6-7-20)12-4-2-10(17)8-15(12)19-14;/h2-5,8-9,20H,6-7H2,1H3,(H,18,19);1H. The van der Waals surface area contributed by atoms with Crippen LogP contribution in [0.1, 0.15) is 0 Å². The van der Waals surface area contributed by atoms with E-state index in [0.717, 1.165) is 33.2 Å². The van der Waals surface area contributed by atoms with Gasteiger partial charge in [-0.2, -0.15) is 0 Å². The molecule has 0 aliphatic rings. The molecule has 3 aromatic rings. The Labute approximate surface area is 139 Å². The lowest BCUT2D eigenvalue weighted by Gasteiger charge is -2.13. The number of aliphatic hydroxyl groups excluding tert-OH is 1. The number of aliphatic hydroxyl groups is 1. The smallest absolute Gasteiger partial charge is 0.119 e. The molecule has 116 valence electrons. The van der Waals surface area contributed by atoms with Gasteiger partial charge in [0.2, 0.25) is 0 Å². The number of fused-ring (bicyclic) bond motifs is 2. The van der Waals surface area contributed by atoms with Gasteiger partial charge in [-0.05, 0) is 36.4 Å². The minimum absolute atomic E-state index is 0. The molecular formula is C16H16Cl2N2O2. The second-order valence-corrected chi connectivity index (χ2v) is 5.12. The zero-order valence-electron chi connectivity index (χ0n) is 12.0. The summed E-state index contributed by atoms with van der Waals surface area (Å²) in [6.45, 7) is 0.525. The lowest BCUT2D eigenvalue weighted by Crippen LogP contribution is -2.07. The molecular weight excluding hydrogens is 323 g/mol. The van der Waals surface area contributed by atoms with Crippen LogP contribution in [0.5, 0.6) is 5.75 Å². The summed E-state index contributed by atoms with van der Waals surface area (Å²) >= 11 is 6.05. The number of anilines is 1. The largest absolute Gasteiger partial charge is 0.497 e. The maximum absolute atomic E-state index is 9.09. The fourth-order valence-corrected chi connectivity index (χ4v) is 2.56. The number of hydrogen-bond acceptors (Lipinski definition) is 4. The number of methoxy groups -OCH3 is 1. The van der Waals surface area contributed by atoms with Gasteiger partial charge >= 0.3 is 0 Å². The molecule has 2 aromatic carbocycles. The second kappa shape index (κ2) is 7.01. The fraction of sp³-hybridized carbons (Fsp3) is 0.188. The molecule has 0 unspecified atom stereocenters. The van der Waals surface area contributed by atoms with Crippen LogP contribution in [-0.4, -0.2) is 30.4 Å². The Kier molecular flexibility index (Phi) is 5.29. The van der Waals surface area contributed by atoms with Crippen molar-refractivity contribution in [2.24, 2.45) is 0 Å². The molecule has 6 heteroatoms. The highest BCUT2D eigenvalue weighted by Gasteiger charge is 2.10. The summed E-state index contributed by atoms with van der Waals surface area (Å²) in [5.41, 5.74) is 2.60. The van der Waals surface area contributed by atoms with E-state index in [9.17, 15) is 0 Å². The zero-order chi connectivity index (χ0) is 14.8. The Balaban J connectivity index is 0.00000176. The maximum atomic E-state index is 9.09. The molecule has 4 nitrogen and oxygen atoms in total. The molecule has 0 radical (unpaired) electrons. The van der Waals surface area contributed by atoms with Crippen molar-refractivity contribution < 1.29 is 9.84 Å². The molecule has 2 N–H and O–H groups in total. The highest BCUT2D eigenvalue weighted by molar-refractivity contribution is 6.31. The average Bonchev–Trinajstić information content (AvgIpc) is 2.50. The van der Waals surface area contributed by atoms with Gasteiger partial charge in [0.1, 0.15) is 5.75 Å². The van der Waals surface area contributed by atoms with Gasteiger partial charge in [0, 0.05) is 22.3 Å². The number of hydrogen-bond donors (Lipinski definition) is 2. The van der Waals surface area contributed by atoms with Crippen molar-refractivity contribution in [3.63, 3.8) is 0 Å². The van der Waals surface area contributed by atoms with E-state index in [4.69, 9.17) is 21.4 Å². The zero-order valence-corrected chi connectivity index (χ0v) is 13.5. The predicted molar refractivity (Wildman–Crippen MR) is 93.6 cm³/mol. The quantitative estimate of drug-likeness (QED) is 0.709. The van der Waals surface area contributed by atoms with Crippen LogP contribution >= 0.6 is 24.0 Å². The van der Waals surface area contributed by atoms with Crippen molar-refractivity contribution in [2.75, 3.05) is 25.6 Å². The van der Waals surface area contributed by atoms with Gasteiger partial charge in [-0.25, -0.2) is 4.98 Å². The van der Waals surface area contributed by atoms with E-state index in [1.165, 1.54) is 0 Å². The van der Waals surface area contributed by atoms with Crippen LogP contribution in [0.15, 0.2) is 36.4 Å². The number of rotatable bonds is 4. The highest BCUT2D eigenvalue weighted by atomic mass is 35.5. The van der Waals surface area contributed by atoms with E-state index >= 15 is 0 Å². The van der Waals surface area contributed by atoms with E-state index < -0.39 is 0 Å². The first-order chi connectivity index (χ1) is 10.2. The van der Waals surface area contributed by atoms with Gasteiger partial charge in [-0.3, -0.25) is 0 Å². The topological polar surface area (TPSA) is 54.4 Å².